The number of halogens is 3. The van der Waals surface area contributed by atoms with Crippen molar-refractivity contribution in [3.8, 4) is 0 Å². The lowest BCUT2D eigenvalue weighted by Crippen LogP contribution is -2.52. The third kappa shape index (κ3) is 2.12. The summed E-state index contributed by atoms with van der Waals surface area (Å²) in [6, 6.07) is -1.77. The van der Waals surface area contributed by atoms with Crippen molar-refractivity contribution in [3.05, 3.63) is 10.1 Å². The minimum Gasteiger partial charge on any atom is -0.349 e. The van der Waals surface area contributed by atoms with Crippen molar-refractivity contribution in [2.75, 3.05) is 6.54 Å². The average Bonchev–Trinajstić information content (AvgIpc) is 2.01. The van der Waals surface area contributed by atoms with Crippen molar-refractivity contribution >= 4 is 5.91 Å². The number of amides is 1. The van der Waals surface area contributed by atoms with E-state index in [1.54, 1.807) is 0 Å². The third-order valence-electron chi connectivity index (χ3n) is 2.07. The fourth-order valence-electron chi connectivity index (χ4n) is 1.32. The van der Waals surface area contributed by atoms with Crippen LogP contribution in [0.4, 0.5) is 13.2 Å². The van der Waals surface area contributed by atoms with Crippen LogP contribution in [0.5, 0.6) is 0 Å². The van der Waals surface area contributed by atoms with E-state index < -0.39 is 41.9 Å². The van der Waals surface area contributed by atoms with E-state index in [4.69, 9.17) is 0 Å². The number of piperidine rings is 1. The van der Waals surface area contributed by atoms with Crippen LogP contribution in [0.1, 0.15) is 6.42 Å². The molecule has 0 aromatic carbocycles. The Labute approximate surface area is 76.4 Å². The first-order valence-corrected chi connectivity index (χ1v) is 3.79. The van der Waals surface area contributed by atoms with Crippen LogP contribution in [0.2, 0.25) is 0 Å². The predicted octanol–water partition coefficient (Wildman–Crippen LogP) is 0.330. The molecule has 1 rings (SSSR count). The maximum Gasteiger partial charge on any atom is 0.398 e. The monoisotopic (exact) mass is 212 g/mol. The second kappa shape index (κ2) is 3.43. The summed E-state index contributed by atoms with van der Waals surface area (Å²) in [6.07, 6.45) is -5.56. The smallest absolute Gasteiger partial charge is 0.349 e. The van der Waals surface area contributed by atoms with Crippen molar-refractivity contribution in [2.24, 2.45) is 5.92 Å². The fraction of sp³-hybridized carbons (Fsp3) is 0.833. The van der Waals surface area contributed by atoms with Crippen molar-refractivity contribution in [1.82, 2.24) is 5.32 Å². The minimum atomic E-state index is -4.70. The highest BCUT2D eigenvalue weighted by atomic mass is 19.4. The molecule has 2 atom stereocenters. The Kier molecular flexibility index (Phi) is 2.63. The number of alkyl halides is 3. The number of hydrogen-bond donors (Lipinski definition) is 1. The van der Waals surface area contributed by atoms with E-state index in [9.17, 15) is 28.1 Å². The Morgan fingerprint density at radius 1 is 1.50 bits per heavy atom. The summed E-state index contributed by atoms with van der Waals surface area (Å²) in [7, 11) is 0. The van der Waals surface area contributed by atoms with Crippen molar-refractivity contribution in [1.29, 1.82) is 0 Å². The predicted molar refractivity (Wildman–Crippen MR) is 38.0 cm³/mol. The van der Waals surface area contributed by atoms with Crippen LogP contribution in [0.15, 0.2) is 0 Å². The van der Waals surface area contributed by atoms with Gasteiger partial charge >= 0.3 is 6.18 Å². The molecule has 0 aromatic heterocycles. The van der Waals surface area contributed by atoms with E-state index in [1.165, 1.54) is 0 Å². The molecule has 1 amide bonds. The normalized spacial score (nSPS) is 28.4. The zero-order valence-electron chi connectivity index (χ0n) is 6.87. The number of rotatable bonds is 1. The standard InChI is InChI=1S/C6H7F3N2O3/c7-6(8,9)3-1-5(12)10-2-4(3)11(13)14/h3-4H,1-2H2,(H,10,12)/t3-,4-/m1/s1. The number of nitrogens with zero attached hydrogens (tertiary/aromatic N) is 1. The van der Waals surface area contributed by atoms with E-state index in [1.807, 2.05) is 5.32 Å². The Hall–Kier alpha value is -1.34. The van der Waals surface area contributed by atoms with Gasteiger partial charge in [-0.15, -0.1) is 0 Å². The van der Waals surface area contributed by atoms with E-state index >= 15 is 0 Å². The molecule has 5 nitrogen and oxygen atoms in total. The molecule has 0 aliphatic carbocycles. The van der Waals surface area contributed by atoms with Gasteiger partial charge in [-0.2, -0.15) is 13.2 Å². The van der Waals surface area contributed by atoms with Gasteiger partial charge in [0.05, 0.1) is 6.54 Å². The van der Waals surface area contributed by atoms with Crippen LogP contribution in [-0.4, -0.2) is 29.6 Å². The molecule has 0 unspecified atom stereocenters. The summed E-state index contributed by atoms with van der Waals surface area (Å²) in [4.78, 5) is 19.9. The molecule has 1 saturated heterocycles. The summed E-state index contributed by atoms with van der Waals surface area (Å²) in [5, 5.41) is 12.3. The van der Waals surface area contributed by atoms with Gasteiger partial charge in [-0.25, -0.2) is 0 Å². The molecule has 0 aromatic rings. The average molecular weight is 212 g/mol. The lowest BCUT2D eigenvalue weighted by molar-refractivity contribution is -0.540. The summed E-state index contributed by atoms with van der Waals surface area (Å²) >= 11 is 0. The fourth-order valence-corrected chi connectivity index (χ4v) is 1.32. The Balaban J connectivity index is 2.84. The first-order valence-electron chi connectivity index (χ1n) is 3.79. The van der Waals surface area contributed by atoms with Crippen LogP contribution in [0.25, 0.3) is 0 Å². The number of hydrogen-bond acceptors (Lipinski definition) is 3. The number of nitrogens with one attached hydrogen (secondary N) is 1. The minimum absolute atomic E-state index is 0.560. The van der Waals surface area contributed by atoms with Gasteiger partial charge in [0, 0.05) is 11.3 Å². The van der Waals surface area contributed by atoms with E-state index in [0.29, 0.717) is 0 Å². The molecule has 8 heteroatoms. The van der Waals surface area contributed by atoms with Crippen molar-refractivity contribution < 1.29 is 22.9 Å². The molecule has 1 aliphatic heterocycles. The second-order valence-corrected chi connectivity index (χ2v) is 3.01. The highest BCUT2D eigenvalue weighted by Crippen LogP contribution is 2.33. The van der Waals surface area contributed by atoms with Gasteiger partial charge in [0.1, 0.15) is 5.92 Å². The quantitative estimate of drug-likeness (QED) is 0.502. The van der Waals surface area contributed by atoms with E-state index in [2.05, 4.69) is 0 Å². The maximum absolute atomic E-state index is 12.2. The second-order valence-electron chi connectivity index (χ2n) is 3.01. The molecule has 1 fully saturated rings. The van der Waals surface area contributed by atoms with E-state index in [-0.39, 0.29) is 0 Å². The van der Waals surface area contributed by atoms with Gasteiger partial charge in [0.2, 0.25) is 11.9 Å². The third-order valence-corrected chi connectivity index (χ3v) is 2.07. The van der Waals surface area contributed by atoms with E-state index in [0.717, 1.165) is 0 Å². The topological polar surface area (TPSA) is 72.2 Å². The zero-order chi connectivity index (χ0) is 10.9. The first-order chi connectivity index (χ1) is 6.32. The number of carbonyl (C=O) groups is 1. The van der Waals surface area contributed by atoms with Crippen LogP contribution in [0, 0.1) is 16.0 Å². The molecule has 80 valence electrons. The molecular weight excluding hydrogens is 205 g/mol. The molecule has 0 bridgehead atoms. The van der Waals surface area contributed by atoms with Gasteiger partial charge in [-0.3, -0.25) is 14.9 Å². The van der Waals surface area contributed by atoms with Crippen molar-refractivity contribution in [2.45, 2.75) is 18.6 Å². The molecule has 1 N–H and O–H groups in total. The van der Waals surface area contributed by atoms with Crippen LogP contribution < -0.4 is 5.32 Å². The lowest BCUT2D eigenvalue weighted by Gasteiger charge is -2.26. The number of carbonyl (C=O) groups excluding carboxylic acids is 1. The molecule has 0 spiro atoms. The molecule has 0 radical (unpaired) electrons. The maximum atomic E-state index is 12.2. The van der Waals surface area contributed by atoms with Crippen LogP contribution >= 0.6 is 0 Å². The van der Waals surface area contributed by atoms with Gasteiger partial charge in [-0.1, -0.05) is 0 Å². The SMILES string of the molecule is O=C1C[C@@H](C(F)(F)F)[C@H]([N+](=O)[O-])CN1. The van der Waals surface area contributed by atoms with Crippen molar-refractivity contribution in [3.63, 3.8) is 0 Å². The summed E-state index contributed by atoms with van der Waals surface area (Å²) in [5.41, 5.74) is 0. The largest absolute Gasteiger partial charge is 0.398 e. The van der Waals surface area contributed by atoms with Gasteiger partial charge < -0.3 is 5.32 Å². The van der Waals surface area contributed by atoms with Gasteiger partial charge in [-0.05, 0) is 0 Å². The van der Waals surface area contributed by atoms with Crippen LogP contribution in [-0.2, 0) is 4.79 Å². The number of nitro groups is 1. The molecule has 1 aliphatic rings. The summed E-state index contributed by atoms with van der Waals surface area (Å²) in [6.45, 7) is -0.560. The highest BCUT2D eigenvalue weighted by Gasteiger charge is 2.53. The zero-order valence-corrected chi connectivity index (χ0v) is 6.87. The van der Waals surface area contributed by atoms with Gasteiger partial charge in [0.25, 0.3) is 0 Å². The first kappa shape index (κ1) is 10.7. The van der Waals surface area contributed by atoms with Gasteiger partial charge in [0.15, 0.2) is 0 Å². The summed E-state index contributed by atoms with van der Waals surface area (Å²) in [5.74, 6) is -2.98. The Morgan fingerprint density at radius 2 is 2.07 bits per heavy atom. The molecule has 14 heavy (non-hydrogen) atoms. The Bertz CT molecular complexity index is 266. The van der Waals surface area contributed by atoms with Crippen LogP contribution in [0.3, 0.4) is 0 Å². The highest BCUT2D eigenvalue weighted by molar-refractivity contribution is 5.77. The molecular formula is C6H7F3N2O3. The molecule has 0 saturated carbocycles. The lowest BCUT2D eigenvalue weighted by atomic mass is 9.92. The molecule has 1 heterocycles. The summed E-state index contributed by atoms with van der Waals surface area (Å²) < 4.78 is 36.7. The Morgan fingerprint density at radius 3 is 2.50 bits per heavy atom.